The minimum atomic E-state index is 0.221. The van der Waals surface area contributed by atoms with E-state index in [9.17, 15) is 4.79 Å². The molecule has 2 aromatic carbocycles. The smallest absolute Gasteiger partial charge is 0.241 e. The molecule has 0 aromatic heterocycles. The lowest BCUT2D eigenvalue weighted by molar-refractivity contribution is -0.120. The van der Waals surface area contributed by atoms with Crippen molar-refractivity contribution in [3.63, 3.8) is 0 Å². The number of piperazine rings is 1. The summed E-state index contributed by atoms with van der Waals surface area (Å²) in [4.78, 5) is 19.5. The van der Waals surface area contributed by atoms with Crippen LogP contribution in [0, 0.1) is 6.92 Å². The van der Waals surface area contributed by atoms with Crippen LogP contribution in [-0.4, -0.2) is 62.1 Å². The number of ether oxygens (including phenoxy) is 1. The molecule has 0 atom stereocenters. The molecule has 1 saturated heterocycles. The average molecular weight is 380 g/mol. The lowest BCUT2D eigenvalue weighted by Crippen LogP contribution is -2.49. The molecule has 0 N–H and O–H groups in total. The van der Waals surface area contributed by atoms with E-state index >= 15 is 0 Å². The number of benzene rings is 2. The fourth-order valence-electron chi connectivity index (χ4n) is 4.25. The van der Waals surface area contributed by atoms with Crippen LogP contribution in [0.4, 0.5) is 5.69 Å². The number of nitrogens with zero attached hydrogens (tertiary/aromatic N) is 3. The van der Waals surface area contributed by atoms with Gasteiger partial charge in [-0.05, 0) is 31.0 Å². The Bertz CT molecular complexity index is 843. The minimum absolute atomic E-state index is 0.221. The molecule has 2 aliphatic heterocycles. The van der Waals surface area contributed by atoms with Gasteiger partial charge >= 0.3 is 0 Å². The standard InChI is InChI=1S/C23H29N3O2/c1-18-7-8-22(28-2)20(15-18)16-24-11-13-25(14-12-24)17-23(27)26-10-9-19-5-3-4-6-21(19)26/h3-8,15H,9-14,16-17H2,1-2H3. The van der Waals surface area contributed by atoms with Crippen molar-refractivity contribution in [2.75, 3.05) is 51.3 Å². The third-order valence-corrected chi connectivity index (χ3v) is 5.84. The van der Waals surface area contributed by atoms with Gasteiger partial charge in [-0.25, -0.2) is 0 Å². The Labute approximate surface area is 167 Å². The lowest BCUT2D eigenvalue weighted by Gasteiger charge is -2.35. The summed E-state index contributed by atoms with van der Waals surface area (Å²) >= 11 is 0. The van der Waals surface area contributed by atoms with E-state index < -0.39 is 0 Å². The van der Waals surface area contributed by atoms with E-state index in [4.69, 9.17) is 4.74 Å². The second kappa shape index (κ2) is 8.33. The second-order valence-corrected chi connectivity index (χ2v) is 7.79. The Hall–Kier alpha value is -2.37. The van der Waals surface area contributed by atoms with Gasteiger partial charge in [0.05, 0.1) is 13.7 Å². The van der Waals surface area contributed by atoms with Crippen LogP contribution >= 0.6 is 0 Å². The number of hydrogen-bond donors (Lipinski definition) is 0. The zero-order chi connectivity index (χ0) is 19.5. The number of hydrogen-bond acceptors (Lipinski definition) is 4. The number of para-hydroxylation sites is 1. The van der Waals surface area contributed by atoms with Gasteiger partial charge in [-0.3, -0.25) is 14.6 Å². The van der Waals surface area contributed by atoms with E-state index in [1.807, 2.05) is 17.0 Å². The summed E-state index contributed by atoms with van der Waals surface area (Å²) in [6.07, 6.45) is 0.966. The first-order valence-electron chi connectivity index (χ1n) is 10.1. The maximum Gasteiger partial charge on any atom is 0.241 e. The predicted molar refractivity (Wildman–Crippen MR) is 112 cm³/mol. The molecule has 0 saturated carbocycles. The van der Waals surface area contributed by atoms with Crippen LogP contribution in [0.3, 0.4) is 0 Å². The summed E-state index contributed by atoms with van der Waals surface area (Å²) in [5.74, 6) is 1.18. The van der Waals surface area contributed by atoms with Gasteiger partial charge in [0, 0.05) is 50.5 Å². The van der Waals surface area contributed by atoms with Gasteiger partial charge in [-0.1, -0.05) is 35.9 Å². The molecule has 2 heterocycles. The second-order valence-electron chi connectivity index (χ2n) is 7.79. The Morgan fingerprint density at radius 2 is 1.75 bits per heavy atom. The van der Waals surface area contributed by atoms with Crippen LogP contribution in [0.1, 0.15) is 16.7 Å². The van der Waals surface area contributed by atoms with E-state index in [1.54, 1.807) is 7.11 Å². The van der Waals surface area contributed by atoms with Crippen LogP contribution in [-0.2, 0) is 17.8 Å². The monoisotopic (exact) mass is 379 g/mol. The summed E-state index contributed by atoms with van der Waals surface area (Å²) in [6.45, 7) is 8.13. The largest absolute Gasteiger partial charge is 0.496 e. The van der Waals surface area contributed by atoms with Crippen molar-refractivity contribution in [2.45, 2.75) is 19.9 Å². The summed E-state index contributed by atoms with van der Waals surface area (Å²) < 4.78 is 5.51. The highest BCUT2D eigenvalue weighted by Gasteiger charge is 2.27. The van der Waals surface area contributed by atoms with Gasteiger partial charge in [0.1, 0.15) is 5.75 Å². The van der Waals surface area contributed by atoms with E-state index in [0.29, 0.717) is 6.54 Å². The molecule has 5 nitrogen and oxygen atoms in total. The molecular formula is C23H29N3O2. The Morgan fingerprint density at radius 3 is 2.54 bits per heavy atom. The first-order chi connectivity index (χ1) is 13.6. The molecule has 0 aliphatic carbocycles. The Balaban J connectivity index is 1.30. The first kappa shape index (κ1) is 19.0. The number of rotatable bonds is 5. The van der Waals surface area contributed by atoms with Crippen LogP contribution < -0.4 is 9.64 Å². The molecule has 0 bridgehead atoms. The molecule has 4 rings (SSSR count). The molecule has 0 radical (unpaired) electrons. The molecule has 148 valence electrons. The number of carbonyl (C=O) groups is 1. The van der Waals surface area contributed by atoms with Crippen molar-refractivity contribution >= 4 is 11.6 Å². The van der Waals surface area contributed by atoms with Gasteiger partial charge in [0.15, 0.2) is 0 Å². The molecule has 2 aliphatic rings. The van der Waals surface area contributed by atoms with Gasteiger partial charge in [-0.2, -0.15) is 0 Å². The summed E-state index contributed by atoms with van der Waals surface area (Å²) in [6, 6.07) is 14.6. The lowest BCUT2D eigenvalue weighted by atomic mass is 10.1. The third kappa shape index (κ3) is 4.05. The number of fused-ring (bicyclic) bond motifs is 1. The molecule has 5 heteroatoms. The summed E-state index contributed by atoms with van der Waals surface area (Å²) in [7, 11) is 1.73. The Kier molecular flexibility index (Phi) is 5.64. The first-order valence-corrected chi connectivity index (χ1v) is 10.1. The number of carbonyl (C=O) groups excluding carboxylic acids is 1. The van der Waals surface area contributed by atoms with Crippen molar-refractivity contribution in [1.29, 1.82) is 0 Å². The van der Waals surface area contributed by atoms with Crippen LogP contribution in [0.25, 0.3) is 0 Å². The van der Waals surface area contributed by atoms with Crippen molar-refractivity contribution in [2.24, 2.45) is 0 Å². The van der Waals surface area contributed by atoms with Gasteiger partial charge in [-0.15, -0.1) is 0 Å². The maximum absolute atomic E-state index is 12.8. The van der Waals surface area contributed by atoms with E-state index in [-0.39, 0.29) is 5.91 Å². The number of methoxy groups -OCH3 is 1. The molecule has 2 aromatic rings. The van der Waals surface area contributed by atoms with E-state index in [1.165, 1.54) is 16.7 Å². The number of anilines is 1. The minimum Gasteiger partial charge on any atom is -0.496 e. The highest BCUT2D eigenvalue weighted by Crippen LogP contribution is 2.27. The highest BCUT2D eigenvalue weighted by atomic mass is 16.5. The van der Waals surface area contributed by atoms with Crippen molar-refractivity contribution in [1.82, 2.24) is 9.80 Å². The molecular weight excluding hydrogens is 350 g/mol. The fourth-order valence-corrected chi connectivity index (χ4v) is 4.25. The fraction of sp³-hybridized carbons (Fsp3) is 0.435. The third-order valence-electron chi connectivity index (χ3n) is 5.84. The van der Waals surface area contributed by atoms with Crippen molar-refractivity contribution in [3.05, 3.63) is 59.2 Å². The predicted octanol–water partition coefficient (Wildman–Crippen LogP) is 2.71. The molecule has 0 spiro atoms. The molecule has 1 fully saturated rings. The van der Waals surface area contributed by atoms with Crippen LogP contribution in [0.15, 0.2) is 42.5 Å². The van der Waals surface area contributed by atoms with Gasteiger partial charge in [0.25, 0.3) is 0 Å². The van der Waals surface area contributed by atoms with Gasteiger partial charge < -0.3 is 9.64 Å². The van der Waals surface area contributed by atoms with E-state index in [0.717, 1.165) is 57.1 Å². The SMILES string of the molecule is COc1ccc(C)cc1CN1CCN(CC(=O)N2CCc3ccccc32)CC1. The van der Waals surface area contributed by atoms with Crippen LogP contribution in [0.5, 0.6) is 5.75 Å². The molecule has 28 heavy (non-hydrogen) atoms. The zero-order valence-corrected chi connectivity index (χ0v) is 16.9. The summed E-state index contributed by atoms with van der Waals surface area (Å²) in [5.41, 5.74) is 4.87. The highest BCUT2D eigenvalue weighted by molar-refractivity contribution is 5.96. The van der Waals surface area contributed by atoms with Crippen molar-refractivity contribution < 1.29 is 9.53 Å². The molecule has 0 unspecified atom stereocenters. The zero-order valence-electron chi connectivity index (χ0n) is 16.9. The normalized spacial score (nSPS) is 17.6. The molecule has 1 amide bonds. The quantitative estimate of drug-likeness (QED) is 0.800. The van der Waals surface area contributed by atoms with Crippen molar-refractivity contribution in [3.8, 4) is 5.75 Å². The number of aryl methyl sites for hydroxylation is 1. The average Bonchev–Trinajstić information content (AvgIpc) is 3.14. The maximum atomic E-state index is 12.8. The topological polar surface area (TPSA) is 36.0 Å². The van der Waals surface area contributed by atoms with E-state index in [2.05, 4.69) is 47.1 Å². The number of amides is 1. The van der Waals surface area contributed by atoms with Gasteiger partial charge in [0.2, 0.25) is 5.91 Å². The Morgan fingerprint density at radius 1 is 1.00 bits per heavy atom. The summed E-state index contributed by atoms with van der Waals surface area (Å²) in [5, 5.41) is 0. The van der Waals surface area contributed by atoms with Crippen LogP contribution in [0.2, 0.25) is 0 Å².